The van der Waals surface area contributed by atoms with Crippen LogP contribution in [0.3, 0.4) is 0 Å². The summed E-state index contributed by atoms with van der Waals surface area (Å²) in [5.41, 5.74) is 1.14. The van der Waals surface area contributed by atoms with Crippen molar-refractivity contribution in [3.8, 4) is 17.6 Å². The molecule has 3 rings (SSSR count). The van der Waals surface area contributed by atoms with Crippen LogP contribution in [0.25, 0.3) is 6.08 Å². The number of methoxy groups -OCH3 is 1. The summed E-state index contributed by atoms with van der Waals surface area (Å²) < 4.78 is 5.20. The Balaban J connectivity index is 1.99. The van der Waals surface area contributed by atoms with Gasteiger partial charge in [-0.25, -0.2) is 0 Å². The van der Waals surface area contributed by atoms with Crippen molar-refractivity contribution in [2.24, 2.45) is 0 Å². The number of hydrogen-bond donors (Lipinski definition) is 1. The summed E-state index contributed by atoms with van der Waals surface area (Å²) in [5.74, 6) is 6.82. The molecule has 128 valence electrons. The smallest absolute Gasteiger partial charge is 0.170 e. The van der Waals surface area contributed by atoms with Gasteiger partial charge in [-0.05, 0) is 35.9 Å². The first-order valence-corrected chi connectivity index (χ1v) is 8.39. The minimum absolute atomic E-state index is 0.689. The zero-order valence-electron chi connectivity index (χ0n) is 14.6. The van der Waals surface area contributed by atoms with E-state index in [1.165, 1.54) is 0 Å². The first-order chi connectivity index (χ1) is 12.7. The fourth-order valence-electron chi connectivity index (χ4n) is 2.53. The van der Waals surface area contributed by atoms with Gasteiger partial charge in [-0.3, -0.25) is 0 Å². The second kappa shape index (κ2) is 8.20. The van der Waals surface area contributed by atoms with Gasteiger partial charge in [0.05, 0.1) is 7.11 Å². The van der Waals surface area contributed by atoms with E-state index in [4.69, 9.17) is 4.74 Å². The van der Waals surface area contributed by atoms with E-state index in [1.54, 1.807) is 13.2 Å². The van der Waals surface area contributed by atoms with Gasteiger partial charge in [0.1, 0.15) is 5.75 Å². The highest BCUT2D eigenvalue weighted by molar-refractivity contribution is 5.55. The molecule has 0 fully saturated rings. The minimum Gasteiger partial charge on any atom is -0.497 e. The third-order valence-electron chi connectivity index (χ3n) is 4.02. The minimum atomic E-state index is -1.40. The number of hydrogen-bond acceptors (Lipinski definition) is 2. The Kier molecular flexibility index (Phi) is 5.53. The van der Waals surface area contributed by atoms with Crippen molar-refractivity contribution in [3.05, 3.63) is 108 Å². The third-order valence-corrected chi connectivity index (χ3v) is 4.02. The topological polar surface area (TPSA) is 29.5 Å². The van der Waals surface area contributed by atoms with Crippen molar-refractivity contribution in [3.63, 3.8) is 0 Å². The van der Waals surface area contributed by atoms with Crippen LogP contribution < -0.4 is 4.74 Å². The van der Waals surface area contributed by atoms with E-state index in [0.717, 1.165) is 16.9 Å². The summed E-state index contributed by atoms with van der Waals surface area (Å²) in [6, 6.07) is 26.8. The standard InChI is InChI=1S/C24H20O2/c1-26-23-14-12-22(13-15-23)24(25,18-16-20-8-4-2-5-9-20)19-17-21-10-6-3-7-11-21/h2-16,18,25H,1H3/b18-16+. The highest BCUT2D eigenvalue weighted by Crippen LogP contribution is 2.25. The predicted molar refractivity (Wildman–Crippen MR) is 106 cm³/mol. The van der Waals surface area contributed by atoms with Crippen LogP contribution >= 0.6 is 0 Å². The molecule has 0 aromatic heterocycles. The number of rotatable bonds is 4. The van der Waals surface area contributed by atoms with E-state index in [-0.39, 0.29) is 0 Å². The second-order valence-corrected chi connectivity index (χ2v) is 5.85. The number of benzene rings is 3. The molecule has 3 aromatic carbocycles. The molecule has 0 aliphatic rings. The lowest BCUT2D eigenvalue weighted by Crippen LogP contribution is -2.20. The molecule has 0 aliphatic carbocycles. The van der Waals surface area contributed by atoms with Gasteiger partial charge in [-0.2, -0.15) is 0 Å². The van der Waals surface area contributed by atoms with Crippen LogP contribution in [0.2, 0.25) is 0 Å². The second-order valence-electron chi connectivity index (χ2n) is 5.85. The molecule has 0 heterocycles. The Hall–Kier alpha value is -3.28. The van der Waals surface area contributed by atoms with E-state index in [0.29, 0.717) is 5.56 Å². The number of aliphatic hydroxyl groups is 1. The molecule has 0 saturated carbocycles. The monoisotopic (exact) mass is 340 g/mol. The van der Waals surface area contributed by atoms with Crippen LogP contribution in [-0.2, 0) is 5.60 Å². The maximum Gasteiger partial charge on any atom is 0.170 e. The molecule has 26 heavy (non-hydrogen) atoms. The Morgan fingerprint density at radius 1 is 0.846 bits per heavy atom. The Bertz CT molecular complexity index is 917. The summed E-state index contributed by atoms with van der Waals surface area (Å²) in [7, 11) is 1.62. The van der Waals surface area contributed by atoms with Crippen molar-refractivity contribution in [1.29, 1.82) is 0 Å². The van der Waals surface area contributed by atoms with Gasteiger partial charge in [0.15, 0.2) is 5.60 Å². The van der Waals surface area contributed by atoms with Crippen molar-refractivity contribution >= 4 is 6.08 Å². The first-order valence-electron chi connectivity index (χ1n) is 8.39. The summed E-state index contributed by atoms with van der Waals surface area (Å²) in [5, 5.41) is 11.3. The molecule has 1 unspecified atom stereocenters. The fraction of sp³-hybridized carbons (Fsp3) is 0.0833. The van der Waals surface area contributed by atoms with E-state index in [1.807, 2.05) is 91.0 Å². The lowest BCUT2D eigenvalue weighted by atomic mass is 9.92. The van der Waals surface area contributed by atoms with Gasteiger partial charge in [0.25, 0.3) is 0 Å². The lowest BCUT2D eigenvalue weighted by molar-refractivity contribution is 0.155. The predicted octanol–water partition coefficient (Wildman–Crippen LogP) is 4.65. The quantitative estimate of drug-likeness (QED) is 0.701. The maximum atomic E-state index is 11.3. The highest BCUT2D eigenvalue weighted by Gasteiger charge is 2.23. The molecule has 1 atom stereocenters. The molecule has 1 N–H and O–H groups in total. The van der Waals surface area contributed by atoms with Gasteiger partial charge >= 0.3 is 0 Å². The molecule has 0 amide bonds. The molecule has 2 heteroatoms. The third kappa shape index (κ3) is 4.42. The zero-order chi connectivity index (χ0) is 18.2. The van der Waals surface area contributed by atoms with Gasteiger partial charge in [0, 0.05) is 11.1 Å². The SMILES string of the molecule is COc1ccc(C(O)(C#Cc2ccccc2)/C=C/c2ccccc2)cc1. The van der Waals surface area contributed by atoms with Crippen LogP contribution in [0.1, 0.15) is 16.7 Å². The number of ether oxygens (including phenoxy) is 1. The van der Waals surface area contributed by atoms with Crippen LogP contribution in [-0.4, -0.2) is 12.2 Å². The normalized spacial score (nSPS) is 12.8. The van der Waals surface area contributed by atoms with Gasteiger partial charge in [-0.1, -0.05) is 78.6 Å². The van der Waals surface area contributed by atoms with E-state index < -0.39 is 5.60 Å². The molecule has 0 spiro atoms. The largest absolute Gasteiger partial charge is 0.497 e. The molecule has 0 radical (unpaired) electrons. The van der Waals surface area contributed by atoms with E-state index in [2.05, 4.69) is 11.8 Å². The summed E-state index contributed by atoms with van der Waals surface area (Å²) in [4.78, 5) is 0. The van der Waals surface area contributed by atoms with Crippen molar-refractivity contribution in [2.75, 3.05) is 7.11 Å². The van der Waals surface area contributed by atoms with Gasteiger partial charge < -0.3 is 9.84 Å². The summed E-state index contributed by atoms with van der Waals surface area (Å²) >= 11 is 0. The fourth-order valence-corrected chi connectivity index (χ4v) is 2.53. The average Bonchev–Trinajstić information content (AvgIpc) is 2.72. The summed E-state index contributed by atoms with van der Waals surface area (Å²) in [6.07, 6.45) is 3.60. The highest BCUT2D eigenvalue weighted by atomic mass is 16.5. The van der Waals surface area contributed by atoms with Crippen molar-refractivity contribution < 1.29 is 9.84 Å². The van der Waals surface area contributed by atoms with Crippen LogP contribution in [0, 0.1) is 11.8 Å². The van der Waals surface area contributed by atoms with Crippen molar-refractivity contribution in [1.82, 2.24) is 0 Å². The zero-order valence-corrected chi connectivity index (χ0v) is 14.6. The molecular formula is C24H20O2. The molecule has 2 nitrogen and oxygen atoms in total. The van der Waals surface area contributed by atoms with Crippen LogP contribution in [0.4, 0.5) is 0 Å². The molecule has 0 aliphatic heterocycles. The molecular weight excluding hydrogens is 320 g/mol. The van der Waals surface area contributed by atoms with Crippen molar-refractivity contribution in [2.45, 2.75) is 5.60 Å². The lowest BCUT2D eigenvalue weighted by Gasteiger charge is -2.19. The first kappa shape index (κ1) is 17.5. The maximum absolute atomic E-state index is 11.3. The Morgan fingerprint density at radius 3 is 2.08 bits per heavy atom. The average molecular weight is 340 g/mol. The molecule has 0 saturated heterocycles. The van der Waals surface area contributed by atoms with E-state index >= 15 is 0 Å². The van der Waals surface area contributed by atoms with E-state index in [9.17, 15) is 5.11 Å². The van der Waals surface area contributed by atoms with Gasteiger partial charge in [0.2, 0.25) is 0 Å². The Labute approximate surface area is 154 Å². The Morgan fingerprint density at radius 2 is 1.46 bits per heavy atom. The van der Waals surface area contributed by atoms with Crippen LogP contribution in [0.5, 0.6) is 5.75 Å². The summed E-state index contributed by atoms with van der Waals surface area (Å²) in [6.45, 7) is 0. The van der Waals surface area contributed by atoms with Gasteiger partial charge in [-0.15, -0.1) is 0 Å². The molecule has 0 bridgehead atoms. The van der Waals surface area contributed by atoms with Crippen LogP contribution in [0.15, 0.2) is 91.0 Å². The molecule has 3 aromatic rings.